The molecule has 1 saturated heterocycles. The van der Waals surface area contributed by atoms with Crippen LogP contribution in [0.3, 0.4) is 0 Å². The Morgan fingerprint density at radius 3 is 2.53 bits per heavy atom. The minimum absolute atomic E-state index is 0.109. The van der Waals surface area contributed by atoms with Gasteiger partial charge in [0.15, 0.2) is 18.1 Å². The summed E-state index contributed by atoms with van der Waals surface area (Å²) in [5.74, 6) is -0.890. The molecular formula is C26H23BrClN3O5. The quantitative estimate of drug-likeness (QED) is 0.298. The fourth-order valence-electron chi connectivity index (χ4n) is 5.14. The van der Waals surface area contributed by atoms with E-state index in [2.05, 4.69) is 26.3 Å². The van der Waals surface area contributed by atoms with E-state index in [1.165, 1.54) is 13.3 Å². The van der Waals surface area contributed by atoms with Crippen molar-refractivity contribution < 1.29 is 23.9 Å². The van der Waals surface area contributed by atoms with Crippen LogP contribution in [-0.2, 0) is 14.4 Å². The van der Waals surface area contributed by atoms with E-state index in [4.69, 9.17) is 21.1 Å². The maximum atomic E-state index is 12.9. The van der Waals surface area contributed by atoms with E-state index in [9.17, 15) is 14.4 Å². The Morgan fingerprint density at radius 1 is 1.22 bits per heavy atom. The lowest BCUT2D eigenvalue weighted by molar-refractivity contribution is -0.140. The number of rotatable bonds is 7. The van der Waals surface area contributed by atoms with Crippen LogP contribution in [0.4, 0.5) is 5.69 Å². The van der Waals surface area contributed by atoms with Gasteiger partial charge in [-0.05, 0) is 58.8 Å². The van der Waals surface area contributed by atoms with Gasteiger partial charge in [-0.2, -0.15) is 10.1 Å². The van der Waals surface area contributed by atoms with Gasteiger partial charge in [0.05, 0.1) is 25.2 Å². The monoisotopic (exact) mass is 571 g/mol. The van der Waals surface area contributed by atoms with E-state index in [-0.39, 0.29) is 64.5 Å². The average molecular weight is 573 g/mol. The van der Waals surface area contributed by atoms with Crippen LogP contribution >= 0.6 is 27.5 Å². The van der Waals surface area contributed by atoms with Crippen molar-refractivity contribution in [1.82, 2.24) is 5.01 Å². The van der Waals surface area contributed by atoms with Gasteiger partial charge in [0.1, 0.15) is 5.02 Å². The normalized spacial score (nSPS) is 24.1. The van der Waals surface area contributed by atoms with Gasteiger partial charge in [0.25, 0.3) is 17.7 Å². The lowest BCUT2D eigenvalue weighted by atomic mass is 9.85. The minimum atomic E-state index is -0.357. The number of nitrogens with zero attached hydrogens (tertiary/aromatic N) is 2. The van der Waals surface area contributed by atoms with Gasteiger partial charge in [-0.3, -0.25) is 14.4 Å². The number of amides is 3. The van der Waals surface area contributed by atoms with Crippen LogP contribution < -0.4 is 14.8 Å². The van der Waals surface area contributed by atoms with E-state index in [0.717, 1.165) is 17.0 Å². The van der Waals surface area contributed by atoms with Gasteiger partial charge < -0.3 is 14.8 Å². The molecule has 2 bridgehead atoms. The number of benzene rings is 2. The summed E-state index contributed by atoms with van der Waals surface area (Å²) in [5, 5.41) is 8.13. The summed E-state index contributed by atoms with van der Waals surface area (Å²) in [6.07, 6.45) is 6.31. The number of para-hydroxylation sites is 1. The van der Waals surface area contributed by atoms with E-state index in [0.29, 0.717) is 15.7 Å². The van der Waals surface area contributed by atoms with Crippen LogP contribution in [-0.4, -0.2) is 42.7 Å². The molecule has 4 atom stereocenters. The summed E-state index contributed by atoms with van der Waals surface area (Å²) < 4.78 is 11.5. The zero-order valence-electron chi connectivity index (χ0n) is 19.5. The third-order valence-corrected chi connectivity index (χ3v) is 8.35. The van der Waals surface area contributed by atoms with E-state index in [1.807, 2.05) is 37.3 Å². The standard InChI is InChI=1S/C26H23BrClN3O5/c1-13-5-3-4-6-17(13)30-19(32)12-36-24-18(35-2)10-16(22(27)23(24)28)11-29-31-25(33)20-14-7-8-15(9-14)21(20)26(31)34/h3-8,10-11,14-15,20-21H,9,12H2,1-2H3,(H,30,32)/t14-,15-,20-,21+/m0/s1. The lowest BCUT2D eigenvalue weighted by Gasteiger charge is -2.16. The molecule has 0 aromatic heterocycles. The SMILES string of the molecule is COc1cc(C=NN2C(=O)[C@@H]3[C@H](C2=O)[C@H]2C=C[C@H]3C2)c(Br)c(Cl)c1OCC(=O)Nc1ccccc1C. The number of imide groups is 1. The molecule has 2 aromatic rings. The van der Waals surface area contributed by atoms with Crippen molar-refractivity contribution in [2.24, 2.45) is 28.8 Å². The largest absolute Gasteiger partial charge is 0.493 e. The molecule has 5 rings (SSSR count). The molecule has 2 aliphatic carbocycles. The zero-order valence-corrected chi connectivity index (χ0v) is 21.9. The predicted octanol–water partition coefficient (Wildman–Crippen LogP) is 4.58. The molecular weight excluding hydrogens is 550 g/mol. The molecule has 2 fully saturated rings. The topological polar surface area (TPSA) is 97.3 Å². The second kappa shape index (κ2) is 9.71. The zero-order chi connectivity index (χ0) is 25.6. The summed E-state index contributed by atoms with van der Waals surface area (Å²) in [7, 11) is 1.44. The Labute approximate surface area is 221 Å². The van der Waals surface area contributed by atoms with E-state index in [1.54, 1.807) is 12.1 Å². The number of fused-ring (bicyclic) bond motifs is 5. The number of nitrogens with one attached hydrogen (secondary N) is 1. The van der Waals surface area contributed by atoms with Gasteiger partial charge in [-0.1, -0.05) is 42.0 Å². The first-order chi connectivity index (χ1) is 17.3. The summed E-state index contributed by atoms with van der Waals surface area (Å²) in [6, 6.07) is 9.01. The van der Waals surface area contributed by atoms with Crippen LogP contribution in [0.25, 0.3) is 0 Å². The summed E-state index contributed by atoms with van der Waals surface area (Å²) in [6.45, 7) is 1.60. The number of methoxy groups -OCH3 is 1. The smallest absolute Gasteiger partial charge is 0.262 e. The Bertz CT molecular complexity index is 1300. The van der Waals surface area contributed by atoms with Crippen molar-refractivity contribution >= 4 is 57.2 Å². The van der Waals surface area contributed by atoms with Gasteiger partial charge in [-0.25, -0.2) is 0 Å². The fraction of sp³-hybridized carbons (Fsp3) is 0.308. The maximum absolute atomic E-state index is 12.9. The van der Waals surface area contributed by atoms with Crippen molar-refractivity contribution in [3.05, 3.63) is 63.1 Å². The average Bonchev–Trinajstić information content (AvgIpc) is 3.55. The number of halogens is 2. The first kappa shape index (κ1) is 24.5. The minimum Gasteiger partial charge on any atom is -0.493 e. The number of hydrazone groups is 1. The number of carbonyl (C=O) groups excluding carboxylic acids is 3. The molecule has 3 amide bonds. The molecule has 0 radical (unpaired) electrons. The summed E-state index contributed by atoms with van der Waals surface area (Å²) >= 11 is 9.95. The maximum Gasteiger partial charge on any atom is 0.262 e. The van der Waals surface area contributed by atoms with E-state index < -0.39 is 0 Å². The third-order valence-electron chi connectivity index (χ3n) is 6.90. The molecule has 1 saturated carbocycles. The molecule has 0 spiro atoms. The molecule has 8 nitrogen and oxygen atoms in total. The van der Waals surface area contributed by atoms with Crippen molar-refractivity contribution in [1.29, 1.82) is 0 Å². The molecule has 10 heteroatoms. The Hall–Kier alpha value is -3.17. The molecule has 3 aliphatic rings. The highest BCUT2D eigenvalue weighted by Crippen LogP contribution is 2.52. The molecule has 36 heavy (non-hydrogen) atoms. The van der Waals surface area contributed by atoms with Crippen molar-refractivity contribution in [3.8, 4) is 11.5 Å². The first-order valence-corrected chi connectivity index (χ1v) is 12.6. The van der Waals surface area contributed by atoms with Crippen molar-refractivity contribution in [2.75, 3.05) is 19.0 Å². The predicted molar refractivity (Wildman–Crippen MR) is 138 cm³/mol. The fourth-order valence-corrected chi connectivity index (χ4v) is 5.80. The van der Waals surface area contributed by atoms with Crippen LogP contribution in [0.2, 0.25) is 5.02 Å². The highest BCUT2D eigenvalue weighted by Gasteiger charge is 2.59. The highest BCUT2D eigenvalue weighted by molar-refractivity contribution is 9.10. The molecule has 1 aliphatic heterocycles. The van der Waals surface area contributed by atoms with Gasteiger partial charge in [0.2, 0.25) is 0 Å². The van der Waals surface area contributed by atoms with Crippen LogP contribution in [0.5, 0.6) is 11.5 Å². The second-order valence-corrected chi connectivity index (χ2v) is 10.2. The number of ether oxygens (including phenoxy) is 2. The first-order valence-electron chi connectivity index (χ1n) is 11.4. The van der Waals surface area contributed by atoms with Crippen LogP contribution in [0.1, 0.15) is 17.5 Å². The number of carbonyl (C=O) groups is 3. The Kier molecular flexibility index (Phi) is 6.61. The van der Waals surface area contributed by atoms with Crippen LogP contribution in [0, 0.1) is 30.6 Å². The number of hydrogen-bond acceptors (Lipinski definition) is 6. The van der Waals surface area contributed by atoms with Gasteiger partial charge in [-0.15, -0.1) is 0 Å². The number of hydrogen-bond donors (Lipinski definition) is 1. The summed E-state index contributed by atoms with van der Waals surface area (Å²) in [4.78, 5) is 38.2. The molecule has 1 N–H and O–H groups in total. The van der Waals surface area contributed by atoms with Crippen molar-refractivity contribution in [2.45, 2.75) is 13.3 Å². The second-order valence-electron chi connectivity index (χ2n) is 9.01. The van der Waals surface area contributed by atoms with Crippen LogP contribution in [0.15, 0.2) is 52.1 Å². The molecule has 186 valence electrons. The molecule has 0 unspecified atom stereocenters. The number of allylic oxidation sites excluding steroid dienone is 2. The Morgan fingerprint density at radius 2 is 1.89 bits per heavy atom. The highest BCUT2D eigenvalue weighted by atomic mass is 79.9. The molecule has 2 aromatic carbocycles. The number of aryl methyl sites for hydroxylation is 1. The lowest BCUT2D eigenvalue weighted by Crippen LogP contribution is -2.28. The van der Waals surface area contributed by atoms with Gasteiger partial charge >= 0.3 is 0 Å². The Balaban J connectivity index is 1.31. The van der Waals surface area contributed by atoms with E-state index >= 15 is 0 Å². The number of anilines is 1. The van der Waals surface area contributed by atoms with Gasteiger partial charge in [0, 0.05) is 15.7 Å². The van der Waals surface area contributed by atoms with Crippen molar-refractivity contribution in [3.63, 3.8) is 0 Å². The summed E-state index contributed by atoms with van der Waals surface area (Å²) in [5.41, 5.74) is 2.10. The third kappa shape index (κ3) is 4.20. The molecule has 1 heterocycles.